The van der Waals surface area contributed by atoms with E-state index in [0.717, 1.165) is 11.6 Å². The molecule has 10 heteroatoms. The highest BCUT2D eigenvalue weighted by Gasteiger charge is 2.33. The number of benzene rings is 1. The average Bonchev–Trinajstić information content (AvgIpc) is 2.74. The number of piperazine rings is 1. The van der Waals surface area contributed by atoms with E-state index in [0.29, 0.717) is 37.7 Å². The Morgan fingerprint density at radius 3 is 2.48 bits per heavy atom. The van der Waals surface area contributed by atoms with E-state index in [1.807, 2.05) is 17.0 Å². The molecule has 3 rings (SSSR count). The van der Waals surface area contributed by atoms with Gasteiger partial charge in [0.05, 0.1) is 23.5 Å². The Morgan fingerprint density at radius 1 is 1.06 bits per heavy atom. The van der Waals surface area contributed by atoms with Gasteiger partial charge in [-0.3, -0.25) is 19.5 Å². The number of amides is 2. The molecule has 0 radical (unpaired) electrons. The second-order valence-corrected chi connectivity index (χ2v) is 8.09. The molecule has 166 valence electrons. The van der Waals surface area contributed by atoms with Crippen molar-refractivity contribution in [2.24, 2.45) is 0 Å². The van der Waals surface area contributed by atoms with Crippen molar-refractivity contribution in [3.05, 3.63) is 59.9 Å². The van der Waals surface area contributed by atoms with Crippen LogP contribution in [0.3, 0.4) is 0 Å². The van der Waals surface area contributed by atoms with Gasteiger partial charge in [-0.15, -0.1) is 11.8 Å². The van der Waals surface area contributed by atoms with Crippen molar-refractivity contribution in [1.29, 1.82) is 0 Å². The number of aromatic nitrogens is 1. The minimum Gasteiger partial charge on any atom is -0.339 e. The van der Waals surface area contributed by atoms with Crippen LogP contribution in [0.25, 0.3) is 0 Å². The fourth-order valence-corrected chi connectivity index (χ4v) is 4.08. The number of halogens is 3. The number of pyridine rings is 1. The first-order chi connectivity index (χ1) is 14.8. The molecular weight excluding hydrogens is 429 g/mol. The lowest BCUT2D eigenvalue weighted by atomic mass is 10.1. The van der Waals surface area contributed by atoms with E-state index in [2.05, 4.69) is 10.3 Å². The van der Waals surface area contributed by atoms with E-state index in [-0.39, 0.29) is 18.1 Å². The third-order valence-corrected chi connectivity index (χ3v) is 5.80. The van der Waals surface area contributed by atoms with E-state index in [1.54, 1.807) is 17.3 Å². The van der Waals surface area contributed by atoms with Gasteiger partial charge in [0, 0.05) is 44.3 Å². The van der Waals surface area contributed by atoms with Crippen LogP contribution in [0.4, 0.5) is 18.9 Å². The molecule has 0 atom stereocenters. The molecule has 2 heterocycles. The zero-order chi connectivity index (χ0) is 22.3. The summed E-state index contributed by atoms with van der Waals surface area (Å²) in [5.74, 6) is 0.600. The third-order valence-electron chi connectivity index (χ3n) is 4.82. The highest BCUT2D eigenvalue weighted by atomic mass is 32.2. The number of thioether (sulfide) groups is 1. The summed E-state index contributed by atoms with van der Waals surface area (Å²) in [5, 5.41) is 2.35. The minimum absolute atomic E-state index is 0.0238. The molecule has 1 fully saturated rings. The maximum absolute atomic E-state index is 13.1. The van der Waals surface area contributed by atoms with E-state index >= 15 is 0 Å². The highest BCUT2D eigenvalue weighted by Crippen LogP contribution is 2.34. The molecule has 0 saturated carbocycles. The lowest BCUT2D eigenvalue weighted by Crippen LogP contribution is -2.51. The fraction of sp³-hybridized carbons (Fsp3) is 0.381. The number of carbonyl (C=O) groups excluding carboxylic acids is 2. The van der Waals surface area contributed by atoms with E-state index < -0.39 is 17.6 Å². The summed E-state index contributed by atoms with van der Waals surface area (Å²) in [6.07, 6.45) is -1.06. The van der Waals surface area contributed by atoms with Crippen LogP contribution in [0.15, 0.2) is 48.8 Å². The Morgan fingerprint density at radius 2 is 1.81 bits per heavy atom. The van der Waals surface area contributed by atoms with Crippen LogP contribution in [-0.2, 0) is 21.5 Å². The molecule has 1 aliphatic rings. The van der Waals surface area contributed by atoms with Crippen molar-refractivity contribution in [3.63, 3.8) is 0 Å². The maximum Gasteiger partial charge on any atom is 0.418 e. The van der Waals surface area contributed by atoms with Crippen LogP contribution in [-0.4, -0.2) is 65.1 Å². The number of anilines is 1. The minimum atomic E-state index is -4.54. The predicted octanol–water partition coefficient (Wildman–Crippen LogP) is 3.12. The Labute approximate surface area is 182 Å². The summed E-state index contributed by atoms with van der Waals surface area (Å²) in [4.78, 5) is 32.2. The molecule has 0 aliphatic carbocycles. The van der Waals surface area contributed by atoms with Crippen molar-refractivity contribution < 1.29 is 22.8 Å². The smallest absolute Gasteiger partial charge is 0.339 e. The molecule has 6 nitrogen and oxygen atoms in total. The quantitative estimate of drug-likeness (QED) is 0.700. The zero-order valence-corrected chi connectivity index (χ0v) is 17.6. The molecule has 0 spiro atoms. The standard InChI is InChI=1S/C21H23F3N4O2S/c22-21(23,24)17-5-1-2-6-18(17)26-19(29)13-27-8-10-28(11-9-27)20(30)15-31-14-16-4-3-7-25-12-16/h1-7,12H,8-11,13-15H2,(H,26,29). The topological polar surface area (TPSA) is 65.5 Å². The van der Waals surface area contributed by atoms with Crippen LogP contribution >= 0.6 is 11.8 Å². The van der Waals surface area contributed by atoms with Gasteiger partial charge in [0.1, 0.15) is 0 Å². The lowest BCUT2D eigenvalue weighted by Gasteiger charge is -2.34. The summed E-state index contributed by atoms with van der Waals surface area (Å²) < 4.78 is 39.2. The number of rotatable bonds is 7. The van der Waals surface area contributed by atoms with Crippen LogP contribution in [0.5, 0.6) is 0 Å². The summed E-state index contributed by atoms with van der Waals surface area (Å²) >= 11 is 1.52. The van der Waals surface area contributed by atoms with Crippen LogP contribution < -0.4 is 5.32 Å². The van der Waals surface area contributed by atoms with Gasteiger partial charge in [-0.25, -0.2) is 0 Å². The molecule has 1 aromatic carbocycles. The van der Waals surface area contributed by atoms with Crippen molar-refractivity contribution >= 4 is 29.3 Å². The molecular formula is C21H23F3N4O2S. The number of alkyl halides is 3. The SMILES string of the molecule is O=C(CN1CCN(C(=O)CSCc2cccnc2)CC1)Nc1ccccc1C(F)(F)F. The van der Waals surface area contributed by atoms with Gasteiger partial charge in [-0.2, -0.15) is 13.2 Å². The molecule has 2 aromatic rings. The Bertz CT molecular complexity index is 888. The van der Waals surface area contributed by atoms with E-state index in [1.165, 1.54) is 30.0 Å². The van der Waals surface area contributed by atoms with E-state index in [9.17, 15) is 22.8 Å². The summed E-state index contributed by atoms with van der Waals surface area (Å²) in [7, 11) is 0. The number of hydrogen-bond donors (Lipinski definition) is 1. The van der Waals surface area contributed by atoms with Gasteiger partial charge < -0.3 is 10.2 Å². The monoisotopic (exact) mass is 452 g/mol. The Hall–Kier alpha value is -2.59. The van der Waals surface area contributed by atoms with Gasteiger partial charge in [-0.05, 0) is 23.8 Å². The van der Waals surface area contributed by atoms with Gasteiger partial charge in [0.15, 0.2) is 0 Å². The summed E-state index contributed by atoms with van der Waals surface area (Å²) in [6, 6.07) is 8.72. The normalized spacial score (nSPS) is 15.0. The molecule has 1 aliphatic heterocycles. The number of para-hydroxylation sites is 1. The Balaban J connectivity index is 1.41. The molecule has 1 N–H and O–H groups in total. The summed E-state index contributed by atoms with van der Waals surface area (Å²) in [6.45, 7) is 1.93. The van der Waals surface area contributed by atoms with Crippen LogP contribution in [0, 0.1) is 0 Å². The first-order valence-corrected chi connectivity index (χ1v) is 10.9. The van der Waals surface area contributed by atoms with Crippen molar-refractivity contribution in [2.45, 2.75) is 11.9 Å². The zero-order valence-electron chi connectivity index (χ0n) is 16.8. The number of nitrogens with zero attached hydrogens (tertiary/aromatic N) is 3. The summed E-state index contributed by atoms with van der Waals surface area (Å²) in [5.41, 5.74) is -0.0646. The molecule has 0 bridgehead atoms. The number of nitrogens with one attached hydrogen (secondary N) is 1. The second-order valence-electron chi connectivity index (χ2n) is 7.10. The second kappa shape index (κ2) is 10.6. The van der Waals surface area contributed by atoms with Gasteiger partial charge in [-0.1, -0.05) is 18.2 Å². The van der Waals surface area contributed by atoms with Gasteiger partial charge in [0.2, 0.25) is 11.8 Å². The van der Waals surface area contributed by atoms with Crippen LogP contribution in [0.1, 0.15) is 11.1 Å². The molecule has 0 unspecified atom stereocenters. The number of hydrogen-bond acceptors (Lipinski definition) is 5. The van der Waals surface area contributed by atoms with Crippen molar-refractivity contribution in [1.82, 2.24) is 14.8 Å². The predicted molar refractivity (Wildman–Crippen MR) is 113 cm³/mol. The average molecular weight is 453 g/mol. The highest BCUT2D eigenvalue weighted by molar-refractivity contribution is 7.99. The first kappa shape index (κ1) is 23.1. The lowest BCUT2D eigenvalue weighted by molar-refractivity contribution is -0.137. The maximum atomic E-state index is 13.1. The molecule has 2 amide bonds. The van der Waals surface area contributed by atoms with Gasteiger partial charge >= 0.3 is 6.18 Å². The molecule has 31 heavy (non-hydrogen) atoms. The third kappa shape index (κ3) is 6.96. The largest absolute Gasteiger partial charge is 0.418 e. The van der Waals surface area contributed by atoms with Crippen molar-refractivity contribution in [3.8, 4) is 0 Å². The fourth-order valence-electron chi connectivity index (χ4n) is 3.22. The molecule has 1 saturated heterocycles. The van der Waals surface area contributed by atoms with Crippen molar-refractivity contribution in [2.75, 3.05) is 43.8 Å². The number of carbonyl (C=O) groups is 2. The van der Waals surface area contributed by atoms with Gasteiger partial charge in [0.25, 0.3) is 0 Å². The van der Waals surface area contributed by atoms with E-state index in [4.69, 9.17) is 0 Å². The Kier molecular flexibility index (Phi) is 7.91. The van der Waals surface area contributed by atoms with Crippen LogP contribution in [0.2, 0.25) is 0 Å². The molecule has 1 aromatic heterocycles. The first-order valence-electron chi connectivity index (χ1n) is 9.76.